The van der Waals surface area contributed by atoms with Gasteiger partial charge in [-0.1, -0.05) is 11.6 Å². The maximum atomic E-state index is 11.0. The van der Waals surface area contributed by atoms with Crippen LogP contribution in [0, 0.1) is 6.92 Å². The number of ether oxygens (including phenoxy) is 1. The summed E-state index contributed by atoms with van der Waals surface area (Å²) in [7, 11) is 0. The highest BCUT2D eigenvalue weighted by atomic mass is 35.5. The maximum absolute atomic E-state index is 11.0. The third-order valence-electron chi connectivity index (χ3n) is 1.68. The van der Waals surface area contributed by atoms with Crippen molar-refractivity contribution in [1.82, 2.24) is 4.98 Å². The Hall–Kier alpha value is -1.35. The Morgan fingerprint density at radius 2 is 2.33 bits per heavy atom. The molecule has 0 aromatic carbocycles. The maximum Gasteiger partial charge on any atom is 0.330 e. The molecule has 0 bridgehead atoms. The van der Waals surface area contributed by atoms with Gasteiger partial charge in [0, 0.05) is 11.8 Å². The third-order valence-corrected chi connectivity index (χ3v) is 2.00. The molecule has 0 saturated heterocycles. The van der Waals surface area contributed by atoms with E-state index in [1.165, 1.54) is 6.08 Å². The Labute approximate surface area is 93.7 Å². The van der Waals surface area contributed by atoms with E-state index < -0.39 is 5.97 Å². The number of nitrogens with zero attached hydrogens (tertiary/aromatic N) is 1. The van der Waals surface area contributed by atoms with Crippen LogP contribution in [0.1, 0.15) is 18.3 Å². The Balaban J connectivity index is 2.79. The van der Waals surface area contributed by atoms with Crippen LogP contribution in [-0.2, 0) is 9.53 Å². The minimum absolute atomic E-state index is 0.359. The van der Waals surface area contributed by atoms with Gasteiger partial charge in [0.1, 0.15) is 0 Å². The second-order valence-electron chi connectivity index (χ2n) is 2.91. The number of esters is 1. The van der Waals surface area contributed by atoms with Crippen LogP contribution < -0.4 is 0 Å². The van der Waals surface area contributed by atoms with Gasteiger partial charge in [-0.15, -0.1) is 0 Å². The molecule has 1 rings (SSSR count). The number of pyridine rings is 1. The molecule has 4 heteroatoms. The largest absolute Gasteiger partial charge is 0.463 e. The van der Waals surface area contributed by atoms with E-state index in [1.54, 1.807) is 19.1 Å². The van der Waals surface area contributed by atoms with Crippen LogP contribution in [-0.4, -0.2) is 17.6 Å². The number of hydrogen-bond donors (Lipinski definition) is 0. The molecule has 15 heavy (non-hydrogen) atoms. The molecule has 0 unspecified atom stereocenters. The highest BCUT2D eigenvalue weighted by molar-refractivity contribution is 6.31. The summed E-state index contributed by atoms with van der Waals surface area (Å²) in [6.07, 6.45) is 2.87. The van der Waals surface area contributed by atoms with Gasteiger partial charge < -0.3 is 4.74 Å². The summed E-state index contributed by atoms with van der Waals surface area (Å²) in [6.45, 7) is 3.97. The fourth-order valence-electron chi connectivity index (χ4n) is 1.01. The van der Waals surface area contributed by atoms with E-state index in [4.69, 9.17) is 16.3 Å². The number of aryl methyl sites for hydroxylation is 1. The molecule has 0 aliphatic carbocycles. The Morgan fingerprint density at radius 1 is 1.60 bits per heavy atom. The lowest BCUT2D eigenvalue weighted by atomic mass is 10.3. The van der Waals surface area contributed by atoms with Gasteiger partial charge in [0.15, 0.2) is 0 Å². The molecule has 3 nitrogen and oxygen atoms in total. The number of carbonyl (C=O) groups excluding carboxylic acids is 1. The molecule has 0 amide bonds. The van der Waals surface area contributed by atoms with Gasteiger partial charge in [-0.2, -0.15) is 0 Å². The molecule has 0 aliphatic rings. The van der Waals surface area contributed by atoms with Crippen molar-refractivity contribution in [2.75, 3.05) is 6.61 Å². The summed E-state index contributed by atoms with van der Waals surface area (Å²) in [4.78, 5) is 15.2. The van der Waals surface area contributed by atoms with Gasteiger partial charge in [-0.25, -0.2) is 4.79 Å². The lowest BCUT2D eigenvalue weighted by molar-refractivity contribution is -0.137. The van der Waals surface area contributed by atoms with Crippen LogP contribution in [0.2, 0.25) is 5.02 Å². The molecule has 0 fully saturated rings. The summed E-state index contributed by atoms with van der Waals surface area (Å²) in [5.74, 6) is -0.392. The van der Waals surface area contributed by atoms with E-state index in [9.17, 15) is 4.79 Å². The Morgan fingerprint density at radius 3 is 3.00 bits per heavy atom. The summed E-state index contributed by atoms with van der Waals surface area (Å²) in [6, 6.07) is 3.55. The average molecular weight is 226 g/mol. The van der Waals surface area contributed by atoms with E-state index in [2.05, 4.69) is 4.98 Å². The van der Waals surface area contributed by atoms with E-state index >= 15 is 0 Å². The highest BCUT2D eigenvalue weighted by Gasteiger charge is 2.00. The van der Waals surface area contributed by atoms with E-state index in [0.29, 0.717) is 17.3 Å². The molecule has 0 radical (unpaired) electrons. The first-order valence-corrected chi connectivity index (χ1v) is 4.99. The second kappa shape index (κ2) is 5.51. The average Bonchev–Trinajstić information content (AvgIpc) is 2.20. The summed E-state index contributed by atoms with van der Waals surface area (Å²) in [5.41, 5.74) is 1.42. The molecular weight excluding hydrogens is 214 g/mol. The van der Waals surface area contributed by atoms with Gasteiger partial charge in [-0.05, 0) is 32.1 Å². The molecule has 1 aromatic heterocycles. The van der Waals surface area contributed by atoms with Crippen LogP contribution in [0.15, 0.2) is 18.2 Å². The zero-order chi connectivity index (χ0) is 11.3. The van der Waals surface area contributed by atoms with Gasteiger partial charge in [-0.3, -0.25) is 4.98 Å². The van der Waals surface area contributed by atoms with Crippen molar-refractivity contribution in [2.45, 2.75) is 13.8 Å². The molecule has 0 N–H and O–H groups in total. The molecule has 1 aromatic rings. The van der Waals surface area contributed by atoms with E-state index in [-0.39, 0.29) is 0 Å². The summed E-state index contributed by atoms with van der Waals surface area (Å²) < 4.78 is 4.74. The van der Waals surface area contributed by atoms with Crippen molar-refractivity contribution < 1.29 is 9.53 Å². The smallest absolute Gasteiger partial charge is 0.330 e. The zero-order valence-corrected chi connectivity index (χ0v) is 9.41. The summed E-state index contributed by atoms with van der Waals surface area (Å²) in [5, 5.41) is 0.515. The molecule has 0 spiro atoms. The van der Waals surface area contributed by atoms with Crippen molar-refractivity contribution in [1.29, 1.82) is 0 Å². The lowest BCUT2D eigenvalue weighted by Gasteiger charge is -1.99. The van der Waals surface area contributed by atoms with Crippen molar-refractivity contribution >= 4 is 23.6 Å². The van der Waals surface area contributed by atoms with Crippen LogP contribution in [0.4, 0.5) is 0 Å². The van der Waals surface area contributed by atoms with E-state index in [1.807, 2.05) is 13.0 Å². The van der Waals surface area contributed by atoms with Crippen LogP contribution in [0.5, 0.6) is 0 Å². The van der Waals surface area contributed by atoms with Crippen LogP contribution in [0.25, 0.3) is 6.08 Å². The van der Waals surface area contributed by atoms with Gasteiger partial charge >= 0.3 is 5.97 Å². The minimum atomic E-state index is -0.392. The van der Waals surface area contributed by atoms with Crippen molar-refractivity contribution in [3.63, 3.8) is 0 Å². The molecule has 0 aliphatic heterocycles. The zero-order valence-electron chi connectivity index (χ0n) is 8.66. The monoisotopic (exact) mass is 225 g/mol. The van der Waals surface area contributed by atoms with Crippen LogP contribution in [0.3, 0.4) is 0 Å². The molecule has 1 heterocycles. The molecule has 0 atom stereocenters. The number of hydrogen-bond acceptors (Lipinski definition) is 3. The number of halogens is 1. The third kappa shape index (κ3) is 3.72. The topological polar surface area (TPSA) is 39.2 Å². The normalized spacial score (nSPS) is 10.6. The summed E-state index contributed by atoms with van der Waals surface area (Å²) >= 11 is 5.89. The van der Waals surface area contributed by atoms with Crippen LogP contribution >= 0.6 is 11.6 Å². The van der Waals surface area contributed by atoms with Crippen molar-refractivity contribution in [2.24, 2.45) is 0 Å². The number of aromatic nitrogens is 1. The standard InChI is InChI=1S/C11H12ClNO2/c1-3-15-11(14)7-6-10-9(12)5-4-8(2)13-10/h4-7H,3H2,1-2H3/b7-6+. The first kappa shape index (κ1) is 11.7. The van der Waals surface area contributed by atoms with Crippen molar-refractivity contribution in [3.05, 3.63) is 34.6 Å². The van der Waals surface area contributed by atoms with Gasteiger partial charge in [0.2, 0.25) is 0 Å². The molecule has 80 valence electrons. The Kier molecular flexibility index (Phi) is 4.31. The molecule has 0 saturated carbocycles. The highest BCUT2D eigenvalue weighted by Crippen LogP contribution is 2.15. The molecular formula is C11H12ClNO2. The SMILES string of the molecule is CCOC(=O)/C=C/c1nc(C)ccc1Cl. The second-order valence-corrected chi connectivity index (χ2v) is 3.31. The minimum Gasteiger partial charge on any atom is -0.463 e. The lowest BCUT2D eigenvalue weighted by Crippen LogP contribution is -1.99. The first-order valence-electron chi connectivity index (χ1n) is 4.61. The number of carbonyl (C=O) groups is 1. The van der Waals surface area contributed by atoms with Crippen molar-refractivity contribution in [3.8, 4) is 0 Å². The first-order chi connectivity index (χ1) is 7.13. The predicted molar refractivity (Wildman–Crippen MR) is 59.7 cm³/mol. The number of rotatable bonds is 3. The predicted octanol–water partition coefficient (Wildman–Crippen LogP) is 2.62. The Bertz CT molecular complexity index is 388. The van der Waals surface area contributed by atoms with E-state index in [0.717, 1.165) is 5.69 Å². The quantitative estimate of drug-likeness (QED) is 0.586. The fourth-order valence-corrected chi connectivity index (χ4v) is 1.18. The fraction of sp³-hybridized carbons (Fsp3) is 0.273. The van der Waals surface area contributed by atoms with Gasteiger partial charge in [0.05, 0.1) is 17.3 Å². The van der Waals surface area contributed by atoms with Gasteiger partial charge in [0.25, 0.3) is 0 Å².